The molecule has 2 aromatic rings. The van der Waals surface area contributed by atoms with Crippen LogP contribution >= 0.6 is 0 Å². The topological polar surface area (TPSA) is 61.9 Å². The van der Waals surface area contributed by atoms with Gasteiger partial charge in [-0.25, -0.2) is 0 Å². The second-order valence-electron chi connectivity index (χ2n) is 7.78. The van der Waals surface area contributed by atoms with Crippen molar-refractivity contribution in [3.8, 4) is 11.5 Å². The van der Waals surface area contributed by atoms with Crippen molar-refractivity contribution >= 4 is 12.3 Å². The van der Waals surface area contributed by atoms with E-state index in [0.29, 0.717) is 25.6 Å². The number of hydrogen-bond donors (Lipinski definition) is 1. The molecule has 0 saturated carbocycles. The average molecular weight is 410 g/mol. The van der Waals surface area contributed by atoms with E-state index in [4.69, 9.17) is 4.74 Å². The molecule has 2 amide bonds. The Morgan fingerprint density at radius 3 is 2.67 bits per heavy atom. The van der Waals surface area contributed by atoms with Gasteiger partial charge in [-0.3, -0.25) is 14.5 Å². The van der Waals surface area contributed by atoms with Gasteiger partial charge in [0.2, 0.25) is 12.3 Å². The van der Waals surface area contributed by atoms with Gasteiger partial charge in [0.15, 0.2) is 0 Å². The van der Waals surface area contributed by atoms with E-state index in [1.807, 2.05) is 48.5 Å². The van der Waals surface area contributed by atoms with Crippen molar-refractivity contribution in [1.82, 2.24) is 15.1 Å². The van der Waals surface area contributed by atoms with Crippen molar-refractivity contribution in [3.63, 3.8) is 0 Å². The fourth-order valence-corrected chi connectivity index (χ4v) is 3.92. The van der Waals surface area contributed by atoms with Crippen LogP contribution in [0.1, 0.15) is 37.9 Å². The Hall–Kier alpha value is -2.86. The van der Waals surface area contributed by atoms with E-state index in [-0.39, 0.29) is 5.91 Å². The molecule has 0 aliphatic carbocycles. The molecule has 0 saturated heterocycles. The van der Waals surface area contributed by atoms with Gasteiger partial charge in [0.05, 0.1) is 0 Å². The molecule has 1 heterocycles. The average Bonchev–Trinajstić information content (AvgIpc) is 2.76. The molecular weight excluding hydrogens is 378 g/mol. The first kappa shape index (κ1) is 21.8. The zero-order chi connectivity index (χ0) is 21.5. The summed E-state index contributed by atoms with van der Waals surface area (Å²) in [5.74, 6) is 1.36. The summed E-state index contributed by atoms with van der Waals surface area (Å²) in [7, 11) is 0. The number of carbonyl (C=O) groups excluding carboxylic acids is 2. The van der Waals surface area contributed by atoms with Crippen LogP contribution in [0, 0.1) is 0 Å². The van der Waals surface area contributed by atoms with Gasteiger partial charge in [0, 0.05) is 25.7 Å². The van der Waals surface area contributed by atoms with Crippen LogP contribution in [0.4, 0.5) is 0 Å². The van der Waals surface area contributed by atoms with Crippen LogP contribution in [0.2, 0.25) is 0 Å². The normalized spacial score (nSPS) is 15.8. The number of ether oxygens (including phenoxy) is 1. The van der Waals surface area contributed by atoms with Crippen LogP contribution in [0.15, 0.2) is 48.5 Å². The summed E-state index contributed by atoms with van der Waals surface area (Å²) in [6.07, 6.45) is 1.47. The van der Waals surface area contributed by atoms with Crippen LogP contribution in [0.25, 0.3) is 0 Å². The molecule has 1 N–H and O–H groups in total. The van der Waals surface area contributed by atoms with Crippen molar-refractivity contribution in [1.29, 1.82) is 0 Å². The molecule has 6 heteroatoms. The van der Waals surface area contributed by atoms with Gasteiger partial charge in [0.25, 0.3) is 0 Å². The third kappa shape index (κ3) is 5.19. The lowest BCUT2D eigenvalue weighted by atomic mass is 9.92. The van der Waals surface area contributed by atoms with Crippen molar-refractivity contribution < 1.29 is 14.3 Å². The predicted octanol–water partition coefficient (Wildman–Crippen LogP) is 3.38. The lowest BCUT2D eigenvalue weighted by Crippen LogP contribution is -2.46. The van der Waals surface area contributed by atoms with Gasteiger partial charge in [-0.05, 0) is 62.2 Å². The predicted molar refractivity (Wildman–Crippen MR) is 118 cm³/mol. The number of nitrogens with zero attached hydrogens (tertiary/aromatic N) is 2. The van der Waals surface area contributed by atoms with Crippen LogP contribution in [0.3, 0.4) is 0 Å². The summed E-state index contributed by atoms with van der Waals surface area (Å²) in [5.41, 5.74) is 1.90. The molecule has 2 aromatic carbocycles. The zero-order valence-corrected chi connectivity index (χ0v) is 18.0. The molecule has 1 unspecified atom stereocenters. The van der Waals surface area contributed by atoms with Gasteiger partial charge in [-0.1, -0.05) is 31.2 Å². The SMILES string of the molecule is CCN(CCNC(=O)C1c2ccc(Oc3ccccc3)cc2CCN1C=O)C(C)C. The first-order chi connectivity index (χ1) is 14.5. The molecule has 6 nitrogen and oxygen atoms in total. The van der Waals surface area contributed by atoms with Gasteiger partial charge in [-0.15, -0.1) is 0 Å². The summed E-state index contributed by atoms with van der Waals surface area (Å²) in [4.78, 5) is 28.5. The van der Waals surface area contributed by atoms with Crippen LogP contribution in [0.5, 0.6) is 11.5 Å². The van der Waals surface area contributed by atoms with Gasteiger partial charge in [0.1, 0.15) is 17.5 Å². The van der Waals surface area contributed by atoms with E-state index in [1.54, 1.807) is 4.90 Å². The number of benzene rings is 2. The maximum Gasteiger partial charge on any atom is 0.247 e. The second kappa shape index (κ2) is 10.3. The smallest absolute Gasteiger partial charge is 0.247 e. The van der Waals surface area contributed by atoms with Crippen LogP contribution in [-0.2, 0) is 16.0 Å². The van der Waals surface area contributed by atoms with Gasteiger partial charge in [-0.2, -0.15) is 0 Å². The van der Waals surface area contributed by atoms with E-state index < -0.39 is 6.04 Å². The van der Waals surface area contributed by atoms with E-state index in [9.17, 15) is 9.59 Å². The molecule has 160 valence electrons. The highest BCUT2D eigenvalue weighted by atomic mass is 16.5. The van der Waals surface area contributed by atoms with E-state index >= 15 is 0 Å². The molecule has 1 aliphatic heterocycles. The molecule has 0 bridgehead atoms. The van der Waals surface area contributed by atoms with Gasteiger partial charge >= 0.3 is 0 Å². The number of carbonyl (C=O) groups is 2. The monoisotopic (exact) mass is 409 g/mol. The van der Waals surface area contributed by atoms with Crippen molar-refractivity contribution in [2.45, 2.75) is 39.3 Å². The fraction of sp³-hybridized carbons (Fsp3) is 0.417. The summed E-state index contributed by atoms with van der Waals surface area (Å²) in [6.45, 7) is 9.18. The highest BCUT2D eigenvalue weighted by Gasteiger charge is 2.32. The number of fused-ring (bicyclic) bond motifs is 1. The van der Waals surface area contributed by atoms with Gasteiger partial charge < -0.3 is 15.0 Å². The standard InChI is InChI=1S/C24H31N3O3/c1-4-26(18(2)3)15-13-25-24(29)23-22-11-10-21(30-20-8-6-5-7-9-20)16-19(22)12-14-27(23)17-28/h5-11,16-18,23H,4,12-15H2,1-3H3,(H,25,29). The van der Waals surface area contributed by atoms with Crippen molar-refractivity contribution in [3.05, 3.63) is 59.7 Å². The Bertz CT molecular complexity index is 854. The molecule has 1 atom stereocenters. The Morgan fingerprint density at radius 2 is 2.00 bits per heavy atom. The van der Waals surface area contributed by atoms with Crippen LogP contribution in [-0.4, -0.2) is 54.3 Å². The highest BCUT2D eigenvalue weighted by Crippen LogP contribution is 2.33. The number of nitrogens with one attached hydrogen (secondary N) is 1. The quantitative estimate of drug-likeness (QED) is 0.645. The van der Waals surface area contributed by atoms with E-state index in [2.05, 4.69) is 31.0 Å². The molecule has 0 radical (unpaired) electrons. The Labute approximate surface area is 178 Å². The van der Waals surface area contributed by atoms with E-state index in [1.165, 1.54) is 0 Å². The first-order valence-electron chi connectivity index (χ1n) is 10.6. The van der Waals surface area contributed by atoms with Crippen molar-refractivity contribution in [2.75, 3.05) is 26.2 Å². The Kier molecular flexibility index (Phi) is 7.46. The first-order valence-corrected chi connectivity index (χ1v) is 10.6. The molecule has 0 aromatic heterocycles. The summed E-state index contributed by atoms with van der Waals surface area (Å²) in [5, 5.41) is 3.02. The highest BCUT2D eigenvalue weighted by molar-refractivity contribution is 5.86. The Balaban J connectivity index is 1.73. The number of para-hydroxylation sites is 1. The minimum atomic E-state index is -0.605. The Morgan fingerprint density at radius 1 is 1.23 bits per heavy atom. The van der Waals surface area contributed by atoms with E-state index in [0.717, 1.165) is 42.1 Å². The molecule has 1 aliphatic rings. The molecule has 30 heavy (non-hydrogen) atoms. The number of rotatable bonds is 9. The molecule has 0 fully saturated rings. The zero-order valence-electron chi connectivity index (χ0n) is 18.0. The second-order valence-corrected chi connectivity index (χ2v) is 7.78. The summed E-state index contributed by atoms with van der Waals surface area (Å²) >= 11 is 0. The lowest BCUT2D eigenvalue weighted by Gasteiger charge is -2.34. The minimum absolute atomic E-state index is 0.139. The fourth-order valence-electron chi connectivity index (χ4n) is 3.92. The minimum Gasteiger partial charge on any atom is -0.457 e. The van der Waals surface area contributed by atoms with Crippen molar-refractivity contribution in [2.24, 2.45) is 0 Å². The number of likely N-dealkylation sites (N-methyl/N-ethyl adjacent to an activating group) is 1. The maximum absolute atomic E-state index is 13.0. The molecule has 3 rings (SSSR count). The lowest BCUT2D eigenvalue weighted by molar-refractivity contribution is -0.133. The molecular formula is C24H31N3O3. The third-order valence-corrected chi connectivity index (χ3v) is 5.58. The maximum atomic E-state index is 13.0. The van der Waals surface area contributed by atoms with Crippen LogP contribution < -0.4 is 10.1 Å². The number of amides is 2. The third-order valence-electron chi connectivity index (χ3n) is 5.58. The summed E-state index contributed by atoms with van der Waals surface area (Å²) in [6, 6.07) is 15.2. The molecule has 0 spiro atoms. The largest absolute Gasteiger partial charge is 0.457 e. The summed E-state index contributed by atoms with van der Waals surface area (Å²) < 4.78 is 5.93. The number of hydrogen-bond acceptors (Lipinski definition) is 4.